The van der Waals surface area contributed by atoms with Gasteiger partial charge >= 0.3 is 0 Å². The summed E-state index contributed by atoms with van der Waals surface area (Å²) in [5.41, 5.74) is 2.25. The first-order valence-corrected chi connectivity index (χ1v) is 9.53. The molecule has 5 nitrogen and oxygen atoms in total. The van der Waals surface area contributed by atoms with E-state index in [9.17, 15) is 4.79 Å². The quantitative estimate of drug-likeness (QED) is 0.780. The topological polar surface area (TPSA) is 50.8 Å². The predicted molar refractivity (Wildman–Crippen MR) is 106 cm³/mol. The molecule has 0 radical (unpaired) electrons. The van der Waals surface area contributed by atoms with Crippen molar-refractivity contribution in [3.05, 3.63) is 58.6 Å². The maximum Gasteiger partial charge on any atom is 0.261 e. The van der Waals surface area contributed by atoms with Gasteiger partial charge in [-0.25, -0.2) is 0 Å². The Morgan fingerprint density at radius 3 is 2.46 bits per heavy atom. The Labute approximate surface area is 162 Å². The standard InChI is InChI=1S/C20H23BrN2O3/c1-15(26-19-8-4-17(21)5-9-19)20(24)22-14-16-2-6-18(7-3-16)23-10-12-25-13-11-23/h2-9,15H,10-14H2,1H3,(H,22,24)/t15-/m0/s1. The van der Waals surface area contributed by atoms with Gasteiger partial charge < -0.3 is 19.7 Å². The van der Waals surface area contributed by atoms with Crippen molar-refractivity contribution in [3.63, 3.8) is 0 Å². The zero-order valence-electron chi connectivity index (χ0n) is 14.8. The number of halogens is 1. The molecule has 0 spiro atoms. The van der Waals surface area contributed by atoms with E-state index in [1.807, 2.05) is 36.4 Å². The van der Waals surface area contributed by atoms with Crippen LogP contribution in [0.5, 0.6) is 5.75 Å². The van der Waals surface area contributed by atoms with Crippen LogP contribution in [0, 0.1) is 0 Å². The predicted octanol–water partition coefficient (Wildman–Crippen LogP) is 3.37. The minimum atomic E-state index is -0.552. The van der Waals surface area contributed by atoms with Gasteiger partial charge in [-0.1, -0.05) is 28.1 Å². The van der Waals surface area contributed by atoms with E-state index >= 15 is 0 Å². The lowest BCUT2D eigenvalue weighted by atomic mass is 10.2. The summed E-state index contributed by atoms with van der Waals surface area (Å²) in [7, 11) is 0. The first-order chi connectivity index (χ1) is 12.6. The second-order valence-electron chi connectivity index (χ2n) is 6.20. The third kappa shape index (κ3) is 5.22. The number of ether oxygens (including phenoxy) is 2. The average molecular weight is 419 g/mol. The average Bonchev–Trinajstić information content (AvgIpc) is 2.69. The van der Waals surface area contributed by atoms with Gasteiger partial charge in [-0.3, -0.25) is 4.79 Å². The Bertz CT molecular complexity index is 713. The van der Waals surface area contributed by atoms with E-state index in [-0.39, 0.29) is 5.91 Å². The van der Waals surface area contributed by atoms with E-state index in [4.69, 9.17) is 9.47 Å². The third-order valence-corrected chi connectivity index (χ3v) is 4.80. The Hall–Kier alpha value is -2.05. The highest BCUT2D eigenvalue weighted by Crippen LogP contribution is 2.18. The number of rotatable bonds is 6. The molecule has 1 N–H and O–H groups in total. The molecular weight excluding hydrogens is 396 g/mol. The molecule has 1 saturated heterocycles. The zero-order valence-corrected chi connectivity index (χ0v) is 16.4. The number of benzene rings is 2. The fraction of sp³-hybridized carbons (Fsp3) is 0.350. The van der Waals surface area contributed by atoms with Crippen LogP contribution < -0.4 is 15.0 Å². The van der Waals surface area contributed by atoms with Crippen molar-refractivity contribution in [1.29, 1.82) is 0 Å². The van der Waals surface area contributed by atoms with Crippen LogP contribution in [0.15, 0.2) is 53.0 Å². The first kappa shape index (κ1) is 18.7. The number of hydrogen-bond donors (Lipinski definition) is 1. The summed E-state index contributed by atoms with van der Waals surface area (Å²) in [6, 6.07) is 15.7. The lowest BCUT2D eigenvalue weighted by Crippen LogP contribution is -2.36. The molecule has 0 aromatic heterocycles. The van der Waals surface area contributed by atoms with E-state index in [2.05, 4.69) is 38.3 Å². The minimum Gasteiger partial charge on any atom is -0.481 e. The van der Waals surface area contributed by atoms with E-state index in [0.29, 0.717) is 12.3 Å². The SMILES string of the molecule is C[C@H](Oc1ccc(Br)cc1)C(=O)NCc1ccc(N2CCOCC2)cc1. The van der Waals surface area contributed by atoms with Crippen molar-refractivity contribution in [1.82, 2.24) is 5.32 Å². The molecule has 3 rings (SSSR count). The van der Waals surface area contributed by atoms with Crippen LogP contribution >= 0.6 is 15.9 Å². The summed E-state index contributed by atoms with van der Waals surface area (Å²) in [6.45, 7) is 5.61. The van der Waals surface area contributed by atoms with Gasteiger partial charge in [0, 0.05) is 29.8 Å². The molecular formula is C20H23BrN2O3. The maximum atomic E-state index is 12.2. The molecule has 6 heteroatoms. The molecule has 0 bridgehead atoms. The highest BCUT2D eigenvalue weighted by Gasteiger charge is 2.15. The second-order valence-corrected chi connectivity index (χ2v) is 7.11. The summed E-state index contributed by atoms with van der Waals surface area (Å²) in [5.74, 6) is 0.538. The maximum absolute atomic E-state index is 12.2. The van der Waals surface area contributed by atoms with Crippen molar-refractivity contribution in [2.45, 2.75) is 19.6 Å². The minimum absolute atomic E-state index is 0.134. The fourth-order valence-electron chi connectivity index (χ4n) is 2.75. The van der Waals surface area contributed by atoms with E-state index < -0.39 is 6.10 Å². The monoisotopic (exact) mass is 418 g/mol. The number of nitrogens with one attached hydrogen (secondary N) is 1. The van der Waals surface area contributed by atoms with Gasteiger partial charge in [0.05, 0.1) is 13.2 Å². The molecule has 0 aliphatic carbocycles. The van der Waals surface area contributed by atoms with E-state index in [0.717, 1.165) is 36.3 Å². The van der Waals surface area contributed by atoms with Crippen LogP contribution in [0.25, 0.3) is 0 Å². The van der Waals surface area contributed by atoms with E-state index in [1.54, 1.807) is 6.92 Å². The molecule has 1 aliphatic heterocycles. The molecule has 1 atom stereocenters. The molecule has 1 fully saturated rings. The lowest BCUT2D eigenvalue weighted by Gasteiger charge is -2.28. The zero-order chi connectivity index (χ0) is 18.4. The lowest BCUT2D eigenvalue weighted by molar-refractivity contribution is -0.127. The Morgan fingerprint density at radius 1 is 1.15 bits per heavy atom. The molecule has 26 heavy (non-hydrogen) atoms. The number of amides is 1. The smallest absolute Gasteiger partial charge is 0.261 e. The van der Waals surface area contributed by atoms with Crippen molar-refractivity contribution < 1.29 is 14.3 Å². The number of hydrogen-bond acceptors (Lipinski definition) is 4. The van der Waals surface area contributed by atoms with Gasteiger partial charge in [-0.05, 0) is 48.9 Å². The van der Waals surface area contributed by atoms with Crippen LogP contribution in [0.1, 0.15) is 12.5 Å². The number of nitrogens with zero attached hydrogens (tertiary/aromatic N) is 1. The molecule has 0 unspecified atom stereocenters. The normalized spacial score (nSPS) is 15.4. The van der Waals surface area contributed by atoms with Gasteiger partial charge in [0.1, 0.15) is 5.75 Å². The summed E-state index contributed by atoms with van der Waals surface area (Å²) in [6.07, 6.45) is -0.552. The number of carbonyl (C=O) groups excluding carboxylic acids is 1. The second kappa shape index (κ2) is 9.05. The van der Waals surface area contributed by atoms with Crippen molar-refractivity contribution in [2.24, 2.45) is 0 Å². The largest absolute Gasteiger partial charge is 0.481 e. The van der Waals surface area contributed by atoms with E-state index in [1.165, 1.54) is 5.69 Å². The summed E-state index contributed by atoms with van der Waals surface area (Å²) < 4.78 is 12.0. The van der Waals surface area contributed by atoms with Gasteiger partial charge in [0.15, 0.2) is 6.10 Å². The Balaban J connectivity index is 1.48. The van der Waals surface area contributed by atoms with Gasteiger partial charge in [-0.2, -0.15) is 0 Å². The summed E-state index contributed by atoms with van der Waals surface area (Å²) in [5, 5.41) is 2.92. The first-order valence-electron chi connectivity index (χ1n) is 8.73. The Kier molecular flexibility index (Phi) is 6.52. The van der Waals surface area contributed by atoms with Crippen molar-refractivity contribution in [2.75, 3.05) is 31.2 Å². The number of carbonyl (C=O) groups is 1. The fourth-order valence-corrected chi connectivity index (χ4v) is 3.01. The molecule has 1 amide bonds. The molecule has 0 saturated carbocycles. The molecule has 1 heterocycles. The van der Waals surface area contributed by atoms with Crippen LogP contribution in [0.2, 0.25) is 0 Å². The summed E-state index contributed by atoms with van der Waals surface area (Å²) in [4.78, 5) is 14.5. The third-order valence-electron chi connectivity index (χ3n) is 4.28. The van der Waals surface area contributed by atoms with Crippen molar-refractivity contribution >= 4 is 27.5 Å². The molecule has 2 aromatic carbocycles. The number of anilines is 1. The summed E-state index contributed by atoms with van der Waals surface area (Å²) >= 11 is 3.38. The molecule has 1 aliphatic rings. The highest BCUT2D eigenvalue weighted by atomic mass is 79.9. The van der Waals surface area contributed by atoms with Gasteiger partial charge in [0.25, 0.3) is 5.91 Å². The van der Waals surface area contributed by atoms with Crippen LogP contribution in [-0.4, -0.2) is 38.3 Å². The van der Waals surface area contributed by atoms with Crippen molar-refractivity contribution in [3.8, 4) is 5.75 Å². The van der Waals surface area contributed by atoms with Gasteiger partial charge in [0.2, 0.25) is 0 Å². The molecule has 2 aromatic rings. The van der Waals surface area contributed by atoms with Crippen LogP contribution in [0.3, 0.4) is 0 Å². The van der Waals surface area contributed by atoms with Gasteiger partial charge in [-0.15, -0.1) is 0 Å². The van der Waals surface area contributed by atoms with Crippen LogP contribution in [-0.2, 0) is 16.1 Å². The van der Waals surface area contributed by atoms with Crippen LogP contribution in [0.4, 0.5) is 5.69 Å². The molecule has 138 valence electrons. The Morgan fingerprint density at radius 2 is 1.81 bits per heavy atom. The highest BCUT2D eigenvalue weighted by molar-refractivity contribution is 9.10. The number of morpholine rings is 1.